The maximum Gasteiger partial charge on any atom is 0.160 e. The summed E-state index contributed by atoms with van der Waals surface area (Å²) in [5, 5.41) is 8.64. The topological polar surface area (TPSA) is 44.1 Å². The monoisotopic (exact) mass is 278 g/mol. The lowest BCUT2D eigenvalue weighted by atomic mass is 10.1. The van der Waals surface area contributed by atoms with Gasteiger partial charge in [0.2, 0.25) is 0 Å². The second kappa shape index (κ2) is 7.98. The number of carbonyl (C=O) groups excluding carboxylic acids is 1. The highest BCUT2D eigenvalue weighted by Crippen LogP contribution is 2.10. The summed E-state index contributed by atoms with van der Waals surface area (Å²) in [4.78, 5) is 13.8. The van der Waals surface area contributed by atoms with Crippen molar-refractivity contribution in [3.8, 4) is 6.07 Å². The van der Waals surface area contributed by atoms with E-state index in [4.69, 9.17) is 5.26 Å². The van der Waals surface area contributed by atoms with Crippen LogP contribution >= 0.6 is 0 Å². The van der Waals surface area contributed by atoms with Gasteiger partial charge in [0, 0.05) is 13.1 Å². The van der Waals surface area contributed by atoms with E-state index in [1.165, 1.54) is 0 Å². The Morgan fingerprint density at radius 2 is 1.38 bits per heavy atom. The van der Waals surface area contributed by atoms with E-state index < -0.39 is 0 Å². The molecule has 0 bridgehead atoms. The molecule has 0 fully saturated rings. The quantitative estimate of drug-likeness (QED) is 0.781. The average molecular weight is 278 g/mol. The Labute approximate surface area is 125 Å². The first-order valence-electron chi connectivity index (χ1n) is 6.97. The van der Waals surface area contributed by atoms with Crippen molar-refractivity contribution in [3.63, 3.8) is 0 Å². The predicted molar refractivity (Wildman–Crippen MR) is 82.2 cm³/mol. The minimum Gasteiger partial charge on any atom is -0.297 e. The Balaban J connectivity index is 2.06. The molecule has 0 radical (unpaired) electrons. The van der Waals surface area contributed by atoms with E-state index in [2.05, 4.69) is 4.90 Å². The first-order valence-corrected chi connectivity index (χ1v) is 6.97. The maximum absolute atomic E-state index is 11.8. The van der Waals surface area contributed by atoms with E-state index in [9.17, 15) is 4.79 Å². The third-order valence-electron chi connectivity index (χ3n) is 3.17. The largest absolute Gasteiger partial charge is 0.297 e. The van der Waals surface area contributed by atoms with Crippen LogP contribution in [-0.2, 0) is 17.9 Å². The Hall–Kier alpha value is -2.44. The van der Waals surface area contributed by atoms with Crippen LogP contribution in [-0.4, -0.2) is 17.2 Å². The maximum atomic E-state index is 11.8. The number of benzene rings is 2. The molecule has 0 amide bonds. The highest BCUT2D eigenvalue weighted by molar-refractivity contribution is 5.82. The van der Waals surface area contributed by atoms with Gasteiger partial charge in [-0.2, -0.15) is 5.26 Å². The Kier molecular flexibility index (Phi) is 5.69. The van der Waals surface area contributed by atoms with Crippen molar-refractivity contribution < 1.29 is 4.79 Å². The summed E-state index contributed by atoms with van der Waals surface area (Å²) in [5.74, 6) is -0.0376. The molecule has 0 unspecified atom stereocenters. The van der Waals surface area contributed by atoms with Gasteiger partial charge in [-0.1, -0.05) is 60.7 Å². The van der Waals surface area contributed by atoms with E-state index in [0.717, 1.165) is 11.1 Å². The first-order chi connectivity index (χ1) is 10.3. The van der Waals surface area contributed by atoms with Gasteiger partial charge in [0.25, 0.3) is 0 Å². The second-order valence-electron chi connectivity index (χ2n) is 4.99. The summed E-state index contributed by atoms with van der Waals surface area (Å²) in [7, 11) is 0. The Morgan fingerprint density at radius 3 is 1.81 bits per heavy atom. The highest BCUT2D eigenvalue weighted by Gasteiger charge is 2.11. The lowest BCUT2D eigenvalue weighted by Gasteiger charge is -2.21. The van der Waals surface area contributed by atoms with Crippen molar-refractivity contribution >= 4 is 5.78 Å². The summed E-state index contributed by atoms with van der Waals surface area (Å²) in [6.45, 7) is 1.71. The summed E-state index contributed by atoms with van der Waals surface area (Å²) in [6, 6.07) is 22.0. The smallest absolute Gasteiger partial charge is 0.160 e. The molecule has 2 aromatic carbocycles. The zero-order chi connectivity index (χ0) is 14.9. The number of nitrogens with zero attached hydrogens (tertiary/aromatic N) is 2. The molecular formula is C18H18N2O. The van der Waals surface area contributed by atoms with Crippen LogP contribution in [0.4, 0.5) is 0 Å². The molecule has 0 saturated heterocycles. The van der Waals surface area contributed by atoms with Gasteiger partial charge in [0.1, 0.15) is 0 Å². The molecule has 0 saturated carbocycles. The van der Waals surface area contributed by atoms with Crippen LogP contribution in [0.25, 0.3) is 0 Å². The third kappa shape index (κ3) is 5.21. The lowest BCUT2D eigenvalue weighted by molar-refractivity contribution is -0.119. The van der Waals surface area contributed by atoms with Crippen LogP contribution in [0.5, 0.6) is 0 Å². The molecule has 0 atom stereocenters. The number of hydrogen-bond donors (Lipinski definition) is 0. The molecule has 21 heavy (non-hydrogen) atoms. The minimum absolute atomic E-state index is 0.0277. The van der Waals surface area contributed by atoms with E-state index >= 15 is 0 Å². The second-order valence-corrected chi connectivity index (χ2v) is 4.99. The van der Waals surface area contributed by atoms with Crippen LogP contribution in [0, 0.1) is 11.3 Å². The predicted octanol–water partition coefficient (Wildman–Crippen LogP) is 3.17. The third-order valence-corrected chi connectivity index (χ3v) is 3.17. The number of carbonyl (C=O) groups is 1. The zero-order valence-corrected chi connectivity index (χ0v) is 11.9. The normalized spacial score (nSPS) is 10.3. The fourth-order valence-corrected chi connectivity index (χ4v) is 2.24. The number of rotatable bonds is 7. The van der Waals surface area contributed by atoms with Gasteiger partial charge in [-0.15, -0.1) is 0 Å². The highest BCUT2D eigenvalue weighted by atomic mass is 16.1. The zero-order valence-electron chi connectivity index (χ0n) is 11.9. The summed E-state index contributed by atoms with van der Waals surface area (Å²) in [6.07, 6.45) is -0.0277. The van der Waals surface area contributed by atoms with Crippen molar-refractivity contribution in [2.24, 2.45) is 0 Å². The average Bonchev–Trinajstić information content (AvgIpc) is 2.49. The molecule has 0 aliphatic rings. The SMILES string of the molecule is N#CCC(=O)CN(Cc1ccccc1)Cc1ccccc1. The van der Waals surface area contributed by atoms with Gasteiger partial charge in [-0.05, 0) is 11.1 Å². The van der Waals surface area contributed by atoms with Crippen molar-refractivity contribution in [1.82, 2.24) is 4.90 Å². The molecule has 0 aliphatic carbocycles. The summed E-state index contributed by atoms with van der Waals surface area (Å²) in [5.41, 5.74) is 2.33. The first kappa shape index (κ1) is 15.0. The van der Waals surface area contributed by atoms with Crippen molar-refractivity contribution in [2.45, 2.75) is 19.5 Å². The van der Waals surface area contributed by atoms with Crippen molar-refractivity contribution in [2.75, 3.05) is 6.54 Å². The van der Waals surface area contributed by atoms with E-state index in [1.807, 2.05) is 66.7 Å². The fourth-order valence-electron chi connectivity index (χ4n) is 2.24. The van der Waals surface area contributed by atoms with Gasteiger partial charge < -0.3 is 0 Å². The van der Waals surface area contributed by atoms with Crippen LogP contribution in [0.15, 0.2) is 60.7 Å². The summed E-state index contributed by atoms with van der Waals surface area (Å²) >= 11 is 0. The fraction of sp³-hybridized carbons (Fsp3) is 0.222. The lowest BCUT2D eigenvalue weighted by Crippen LogP contribution is -2.29. The van der Waals surface area contributed by atoms with E-state index in [-0.39, 0.29) is 12.2 Å². The van der Waals surface area contributed by atoms with Crippen LogP contribution < -0.4 is 0 Å². The number of hydrogen-bond acceptors (Lipinski definition) is 3. The standard InChI is InChI=1S/C18H18N2O/c19-12-11-18(21)15-20(13-16-7-3-1-4-8-16)14-17-9-5-2-6-10-17/h1-10H,11,13-15H2. The molecule has 0 aliphatic heterocycles. The molecule has 0 spiro atoms. The molecule has 0 aromatic heterocycles. The molecule has 3 heteroatoms. The van der Waals surface area contributed by atoms with Gasteiger partial charge in [-0.3, -0.25) is 9.69 Å². The van der Waals surface area contributed by atoms with E-state index in [1.54, 1.807) is 0 Å². The van der Waals surface area contributed by atoms with Gasteiger partial charge >= 0.3 is 0 Å². The number of Topliss-reactive ketones (excluding diaryl/α,β-unsaturated/α-hetero) is 1. The molecular weight excluding hydrogens is 260 g/mol. The van der Waals surface area contributed by atoms with Gasteiger partial charge in [0.05, 0.1) is 19.0 Å². The Morgan fingerprint density at radius 1 is 0.905 bits per heavy atom. The minimum atomic E-state index is -0.0376. The van der Waals surface area contributed by atoms with Crippen LogP contribution in [0.3, 0.4) is 0 Å². The molecule has 3 nitrogen and oxygen atoms in total. The van der Waals surface area contributed by atoms with Crippen molar-refractivity contribution in [1.29, 1.82) is 5.26 Å². The van der Waals surface area contributed by atoms with Crippen LogP contribution in [0.2, 0.25) is 0 Å². The van der Waals surface area contributed by atoms with Crippen LogP contribution in [0.1, 0.15) is 17.5 Å². The molecule has 2 rings (SSSR count). The van der Waals surface area contributed by atoms with Gasteiger partial charge in [0.15, 0.2) is 5.78 Å². The van der Waals surface area contributed by atoms with Gasteiger partial charge in [-0.25, -0.2) is 0 Å². The number of nitriles is 1. The molecule has 0 N–H and O–H groups in total. The summed E-state index contributed by atoms with van der Waals surface area (Å²) < 4.78 is 0. The van der Waals surface area contributed by atoms with Crippen molar-refractivity contribution in [3.05, 3.63) is 71.8 Å². The Bertz CT molecular complexity index is 561. The molecule has 2 aromatic rings. The van der Waals surface area contributed by atoms with E-state index in [0.29, 0.717) is 19.6 Å². The molecule has 106 valence electrons. The molecule has 0 heterocycles. The number of ketones is 1.